The molecule has 0 atom stereocenters. The van der Waals surface area contributed by atoms with Crippen LogP contribution >= 0.6 is 0 Å². The summed E-state index contributed by atoms with van der Waals surface area (Å²) in [5, 5.41) is 2.15. The Bertz CT molecular complexity index is 418. The summed E-state index contributed by atoms with van der Waals surface area (Å²) in [5.41, 5.74) is 0.749. The molecule has 86 valence electrons. The SMILES string of the molecule is CCOC(=O)C(=O)Nc1cc(C)ccc1F. The van der Waals surface area contributed by atoms with E-state index in [2.05, 4.69) is 10.1 Å². The topological polar surface area (TPSA) is 55.4 Å². The number of carbonyl (C=O) groups excluding carboxylic acids is 2. The van der Waals surface area contributed by atoms with Crippen molar-refractivity contribution in [3.05, 3.63) is 29.6 Å². The van der Waals surface area contributed by atoms with Crippen molar-refractivity contribution in [2.45, 2.75) is 13.8 Å². The highest BCUT2D eigenvalue weighted by Gasteiger charge is 2.16. The van der Waals surface area contributed by atoms with E-state index >= 15 is 0 Å². The monoisotopic (exact) mass is 225 g/mol. The van der Waals surface area contributed by atoms with Crippen LogP contribution < -0.4 is 5.32 Å². The molecule has 16 heavy (non-hydrogen) atoms. The third-order valence-electron chi connectivity index (χ3n) is 1.83. The van der Waals surface area contributed by atoms with E-state index in [-0.39, 0.29) is 12.3 Å². The van der Waals surface area contributed by atoms with Crippen LogP contribution in [0.15, 0.2) is 18.2 Å². The molecule has 0 fully saturated rings. The number of anilines is 1. The van der Waals surface area contributed by atoms with Crippen LogP contribution in [0.2, 0.25) is 0 Å². The van der Waals surface area contributed by atoms with E-state index in [4.69, 9.17) is 0 Å². The summed E-state index contributed by atoms with van der Waals surface area (Å²) >= 11 is 0. The summed E-state index contributed by atoms with van der Waals surface area (Å²) in [5.74, 6) is -2.60. The van der Waals surface area contributed by atoms with Gasteiger partial charge in [0.05, 0.1) is 12.3 Å². The van der Waals surface area contributed by atoms with Crippen LogP contribution in [0, 0.1) is 12.7 Å². The fourth-order valence-corrected chi connectivity index (χ4v) is 1.10. The molecule has 1 N–H and O–H groups in total. The molecule has 0 aliphatic rings. The molecule has 0 aliphatic carbocycles. The molecule has 0 unspecified atom stereocenters. The zero-order chi connectivity index (χ0) is 12.1. The Morgan fingerprint density at radius 2 is 2.12 bits per heavy atom. The maximum atomic E-state index is 13.2. The first-order chi connectivity index (χ1) is 7.54. The highest BCUT2D eigenvalue weighted by atomic mass is 19.1. The molecule has 1 aromatic rings. The van der Waals surface area contributed by atoms with Crippen LogP contribution in [0.4, 0.5) is 10.1 Å². The van der Waals surface area contributed by atoms with Crippen molar-refractivity contribution in [3.63, 3.8) is 0 Å². The first-order valence-corrected chi connectivity index (χ1v) is 4.79. The Balaban J connectivity index is 2.76. The molecule has 1 aromatic carbocycles. The second-order valence-corrected chi connectivity index (χ2v) is 3.16. The highest BCUT2D eigenvalue weighted by Crippen LogP contribution is 2.15. The van der Waals surface area contributed by atoms with Gasteiger partial charge >= 0.3 is 11.9 Å². The van der Waals surface area contributed by atoms with Gasteiger partial charge in [-0.05, 0) is 31.5 Å². The number of ether oxygens (including phenoxy) is 1. The van der Waals surface area contributed by atoms with Crippen molar-refractivity contribution in [2.75, 3.05) is 11.9 Å². The van der Waals surface area contributed by atoms with E-state index in [9.17, 15) is 14.0 Å². The van der Waals surface area contributed by atoms with E-state index in [0.717, 1.165) is 5.56 Å². The summed E-state index contributed by atoms with van der Waals surface area (Å²) in [6.07, 6.45) is 0. The smallest absolute Gasteiger partial charge is 0.397 e. The largest absolute Gasteiger partial charge is 0.459 e. The van der Waals surface area contributed by atoms with Crippen molar-refractivity contribution >= 4 is 17.6 Å². The molecular formula is C11H12FNO3. The number of halogens is 1. The number of benzene rings is 1. The fourth-order valence-electron chi connectivity index (χ4n) is 1.10. The summed E-state index contributed by atoms with van der Waals surface area (Å²) < 4.78 is 17.7. The molecule has 0 saturated heterocycles. The predicted molar refractivity (Wildman–Crippen MR) is 56.4 cm³/mol. The minimum Gasteiger partial charge on any atom is -0.459 e. The van der Waals surface area contributed by atoms with E-state index in [1.54, 1.807) is 19.9 Å². The summed E-state index contributed by atoms with van der Waals surface area (Å²) in [4.78, 5) is 22.2. The van der Waals surface area contributed by atoms with Crippen LogP contribution in [0.25, 0.3) is 0 Å². The number of esters is 1. The van der Waals surface area contributed by atoms with Crippen molar-refractivity contribution in [1.29, 1.82) is 0 Å². The van der Waals surface area contributed by atoms with Crippen molar-refractivity contribution < 1.29 is 18.7 Å². The molecule has 0 aromatic heterocycles. The molecule has 0 heterocycles. The third-order valence-corrected chi connectivity index (χ3v) is 1.83. The van der Waals surface area contributed by atoms with Crippen LogP contribution in [0.3, 0.4) is 0 Å². The second kappa shape index (κ2) is 5.25. The van der Waals surface area contributed by atoms with E-state index < -0.39 is 17.7 Å². The van der Waals surface area contributed by atoms with Gasteiger partial charge in [0.15, 0.2) is 0 Å². The highest BCUT2D eigenvalue weighted by molar-refractivity contribution is 6.37. The lowest BCUT2D eigenvalue weighted by Crippen LogP contribution is -2.25. The van der Waals surface area contributed by atoms with Gasteiger partial charge < -0.3 is 10.1 Å². The van der Waals surface area contributed by atoms with Crippen LogP contribution in [0.5, 0.6) is 0 Å². The molecule has 5 heteroatoms. The van der Waals surface area contributed by atoms with Gasteiger partial charge in [0.1, 0.15) is 5.82 Å². The molecule has 4 nitrogen and oxygen atoms in total. The van der Waals surface area contributed by atoms with Gasteiger partial charge in [-0.2, -0.15) is 0 Å². The van der Waals surface area contributed by atoms with Gasteiger partial charge in [-0.15, -0.1) is 0 Å². The average Bonchev–Trinajstić information content (AvgIpc) is 2.23. The number of rotatable bonds is 2. The molecule has 0 saturated carbocycles. The maximum absolute atomic E-state index is 13.2. The summed E-state index contributed by atoms with van der Waals surface area (Å²) in [6.45, 7) is 3.43. The van der Waals surface area contributed by atoms with E-state index in [1.165, 1.54) is 12.1 Å². The number of hydrogen-bond acceptors (Lipinski definition) is 3. The summed E-state index contributed by atoms with van der Waals surface area (Å²) in [7, 11) is 0. The minimum absolute atomic E-state index is 0.0296. The summed E-state index contributed by atoms with van der Waals surface area (Å²) in [6, 6.07) is 4.22. The first kappa shape index (κ1) is 12.2. The van der Waals surface area contributed by atoms with Gasteiger partial charge in [-0.1, -0.05) is 6.07 Å². The maximum Gasteiger partial charge on any atom is 0.397 e. The van der Waals surface area contributed by atoms with E-state index in [0.29, 0.717) is 0 Å². The molecule has 0 radical (unpaired) electrons. The van der Waals surface area contributed by atoms with Gasteiger partial charge in [0.2, 0.25) is 0 Å². The quantitative estimate of drug-likeness (QED) is 0.614. The molecule has 1 amide bonds. The first-order valence-electron chi connectivity index (χ1n) is 4.79. The molecule has 0 spiro atoms. The Labute approximate surface area is 92.4 Å². The predicted octanol–water partition coefficient (Wildman–Crippen LogP) is 1.64. The number of amides is 1. The van der Waals surface area contributed by atoms with Gasteiger partial charge in [-0.3, -0.25) is 4.79 Å². The van der Waals surface area contributed by atoms with Gasteiger partial charge in [0, 0.05) is 0 Å². The van der Waals surface area contributed by atoms with Gasteiger partial charge in [0.25, 0.3) is 0 Å². The van der Waals surface area contributed by atoms with Crippen molar-refractivity contribution in [2.24, 2.45) is 0 Å². The zero-order valence-electron chi connectivity index (χ0n) is 9.04. The number of nitrogens with one attached hydrogen (secondary N) is 1. The lowest BCUT2D eigenvalue weighted by atomic mass is 10.2. The van der Waals surface area contributed by atoms with Crippen LogP contribution in [-0.2, 0) is 14.3 Å². The van der Waals surface area contributed by atoms with Crippen molar-refractivity contribution in [1.82, 2.24) is 0 Å². The van der Waals surface area contributed by atoms with Crippen LogP contribution in [-0.4, -0.2) is 18.5 Å². The average molecular weight is 225 g/mol. The molecule has 1 rings (SSSR count). The normalized spacial score (nSPS) is 9.69. The minimum atomic E-state index is -1.02. The number of hydrogen-bond donors (Lipinski definition) is 1. The zero-order valence-corrected chi connectivity index (χ0v) is 9.04. The molecular weight excluding hydrogens is 213 g/mol. The fraction of sp³-hybridized carbons (Fsp3) is 0.273. The lowest BCUT2D eigenvalue weighted by molar-refractivity contribution is -0.152. The molecule has 0 aliphatic heterocycles. The third kappa shape index (κ3) is 3.05. The van der Waals surface area contributed by atoms with Crippen molar-refractivity contribution in [3.8, 4) is 0 Å². The second-order valence-electron chi connectivity index (χ2n) is 3.16. The Morgan fingerprint density at radius 1 is 1.44 bits per heavy atom. The Morgan fingerprint density at radius 3 is 2.75 bits per heavy atom. The lowest BCUT2D eigenvalue weighted by Gasteiger charge is -2.06. The molecule has 0 bridgehead atoms. The standard InChI is InChI=1S/C11H12FNO3/c1-3-16-11(15)10(14)13-9-6-7(2)4-5-8(9)12/h4-6H,3H2,1-2H3,(H,13,14). The van der Waals surface area contributed by atoms with Gasteiger partial charge in [-0.25, -0.2) is 9.18 Å². The van der Waals surface area contributed by atoms with Crippen LogP contribution in [0.1, 0.15) is 12.5 Å². The van der Waals surface area contributed by atoms with E-state index in [1.807, 2.05) is 0 Å². The number of carbonyl (C=O) groups is 2. The number of aryl methyl sites for hydroxylation is 1. The Hall–Kier alpha value is -1.91. The Kier molecular flexibility index (Phi) is 3.99.